The highest BCUT2D eigenvalue weighted by atomic mass is 35.5. The van der Waals surface area contributed by atoms with Crippen molar-refractivity contribution in [3.8, 4) is 0 Å². The zero-order valence-electron chi connectivity index (χ0n) is 12.2. The lowest BCUT2D eigenvalue weighted by Gasteiger charge is -2.08. The molecule has 2 rings (SSSR count). The van der Waals surface area contributed by atoms with E-state index in [2.05, 4.69) is 0 Å². The van der Waals surface area contributed by atoms with E-state index in [0.29, 0.717) is 21.2 Å². The smallest absolute Gasteiger partial charge is 0.260 e. The van der Waals surface area contributed by atoms with Crippen molar-refractivity contribution in [2.24, 2.45) is 5.73 Å². The predicted octanol–water partition coefficient (Wildman–Crippen LogP) is 4.09. The average molecular weight is 405 g/mol. The van der Waals surface area contributed by atoms with E-state index in [0.717, 1.165) is 0 Å². The van der Waals surface area contributed by atoms with Crippen molar-refractivity contribution in [1.29, 1.82) is 0 Å². The van der Waals surface area contributed by atoms with Gasteiger partial charge in [0, 0.05) is 15.1 Å². The van der Waals surface area contributed by atoms with Crippen LogP contribution in [-0.4, -0.2) is 14.3 Å². The van der Waals surface area contributed by atoms with Crippen LogP contribution in [0.15, 0.2) is 47.4 Å². The normalized spacial score (nSPS) is 12.2. The van der Waals surface area contributed by atoms with Crippen LogP contribution in [0.3, 0.4) is 0 Å². The van der Waals surface area contributed by atoms with E-state index in [1.807, 2.05) is 0 Å². The highest BCUT2D eigenvalue weighted by Gasteiger charge is 2.24. The number of rotatable bonds is 5. The molecule has 0 heterocycles. The summed E-state index contributed by atoms with van der Waals surface area (Å²) in [5.41, 5.74) is 6.06. The lowest BCUT2D eigenvalue weighted by molar-refractivity contribution is -0.113. The molecule has 0 saturated heterocycles. The number of benzene rings is 2. The Morgan fingerprint density at radius 2 is 1.58 bits per heavy atom. The summed E-state index contributed by atoms with van der Waals surface area (Å²) in [6.45, 7) is 0. The molecule has 0 aromatic heterocycles. The van der Waals surface area contributed by atoms with Crippen LogP contribution in [0, 0.1) is 0 Å². The van der Waals surface area contributed by atoms with E-state index in [-0.39, 0.29) is 5.02 Å². The van der Waals surface area contributed by atoms with Crippen LogP contribution in [0.1, 0.15) is 11.1 Å². The third-order valence-corrected chi connectivity index (χ3v) is 5.63. The van der Waals surface area contributed by atoms with E-state index in [1.165, 1.54) is 24.3 Å². The number of hydrogen-bond acceptors (Lipinski definition) is 3. The van der Waals surface area contributed by atoms with Crippen LogP contribution >= 0.6 is 34.8 Å². The van der Waals surface area contributed by atoms with Crippen molar-refractivity contribution in [2.45, 2.75) is 5.75 Å². The number of nitrogens with two attached hydrogens (primary N) is 1. The Hall–Kier alpha value is -1.53. The summed E-state index contributed by atoms with van der Waals surface area (Å²) >= 11 is 17.6. The van der Waals surface area contributed by atoms with Crippen LogP contribution in [0.5, 0.6) is 0 Å². The Morgan fingerprint density at radius 1 is 1.00 bits per heavy atom. The molecule has 0 radical (unpaired) electrons. The highest BCUT2D eigenvalue weighted by Crippen LogP contribution is 2.25. The summed E-state index contributed by atoms with van der Waals surface area (Å²) in [6, 6.07) is 10.8. The quantitative estimate of drug-likeness (QED) is 0.762. The molecule has 0 atom stereocenters. The van der Waals surface area contributed by atoms with Gasteiger partial charge in [0.05, 0.1) is 5.75 Å². The summed E-state index contributed by atoms with van der Waals surface area (Å²) in [6.07, 6.45) is 1.21. The minimum absolute atomic E-state index is 0.196. The molecule has 0 spiro atoms. The van der Waals surface area contributed by atoms with Gasteiger partial charge in [0.15, 0.2) is 9.84 Å². The maximum Gasteiger partial charge on any atom is 0.260 e. The first-order valence-corrected chi connectivity index (χ1v) is 9.41. The zero-order valence-corrected chi connectivity index (χ0v) is 15.3. The molecule has 126 valence electrons. The Bertz CT molecular complexity index is 907. The van der Waals surface area contributed by atoms with Gasteiger partial charge in [-0.2, -0.15) is 0 Å². The SMILES string of the molecule is NC(=O)/C(=C\c1ccc(Cl)cc1)S(=O)(=O)Cc1ccc(Cl)cc1Cl. The molecule has 8 heteroatoms. The van der Waals surface area contributed by atoms with Crippen LogP contribution in [0.4, 0.5) is 0 Å². The average Bonchev–Trinajstić information content (AvgIpc) is 2.49. The van der Waals surface area contributed by atoms with Crippen molar-refractivity contribution in [1.82, 2.24) is 0 Å². The number of hydrogen-bond donors (Lipinski definition) is 1. The van der Waals surface area contributed by atoms with E-state index in [9.17, 15) is 13.2 Å². The van der Waals surface area contributed by atoms with E-state index in [4.69, 9.17) is 40.5 Å². The van der Waals surface area contributed by atoms with Gasteiger partial charge in [-0.05, 0) is 41.5 Å². The van der Waals surface area contributed by atoms with Crippen LogP contribution in [0.2, 0.25) is 15.1 Å². The van der Waals surface area contributed by atoms with Crippen molar-refractivity contribution < 1.29 is 13.2 Å². The van der Waals surface area contributed by atoms with Gasteiger partial charge in [0.2, 0.25) is 0 Å². The highest BCUT2D eigenvalue weighted by molar-refractivity contribution is 7.95. The molecule has 0 aliphatic rings. The molecule has 24 heavy (non-hydrogen) atoms. The molecule has 2 aromatic rings. The van der Waals surface area contributed by atoms with Gasteiger partial charge in [0.1, 0.15) is 4.91 Å². The van der Waals surface area contributed by atoms with Gasteiger partial charge < -0.3 is 5.73 Å². The zero-order chi connectivity index (χ0) is 17.9. The van der Waals surface area contributed by atoms with Crippen LogP contribution < -0.4 is 5.73 Å². The Kier molecular flexibility index (Phi) is 5.93. The molecule has 0 fully saturated rings. The first kappa shape index (κ1) is 18.8. The van der Waals surface area contributed by atoms with E-state index in [1.54, 1.807) is 24.3 Å². The van der Waals surface area contributed by atoms with Crippen molar-refractivity contribution in [3.63, 3.8) is 0 Å². The van der Waals surface area contributed by atoms with Crippen molar-refractivity contribution in [2.75, 3.05) is 0 Å². The molecule has 0 aliphatic heterocycles. The van der Waals surface area contributed by atoms with Crippen LogP contribution in [-0.2, 0) is 20.4 Å². The first-order valence-electron chi connectivity index (χ1n) is 6.63. The Morgan fingerprint density at radius 3 is 2.12 bits per heavy atom. The summed E-state index contributed by atoms with van der Waals surface area (Å²) in [5, 5.41) is 1.07. The summed E-state index contributed by atoms with van der Waals surface area (Å²) in [7, 11) is -3.99. The second-order valence-electron chi connectivity index (χ2n) is 4.92. The minimum Gasteiger partial charge on any atom is -0.365 e. The van der Waals surface area contributed by atoms with Crippen molar-refractivity contribution >= 4 is 56.6 Å². The molecule has 0 aliphatic carbocycles. The molecular weight excluding hydrogens is 393 g/mol. The van der Waals surface area contributed by atoms with Gasteiger partial charge >= 0.3 is 0 Å². The van der Waals surface area contributed by atoms with E-state index < -0.39 is 26.4 Å². The number of sulfone groups is 1. The van der Waals surface area contributed by atoms with E-state index >= 15 is 0 Å². The Balaban J connectivity index is 2.42. The third kappa shape index (κ3) is 4.74. The fourth-order valence-corrected chi connectivity index (χ4v) is 4.07. The number of carbonyl (C=O) groups is 1. The number of primary amides is 1. The largest absolute Gasteiger partial charge is 0.365 e. The maximum absolute atomic E-state index is 12.6. The molecule has 2 aromatic carbocycles. The monoisotopic (exact) mass is 403 g/mol. The molecule has 4 nitrogen and oxygen atoms in total. The summed E-state index contributed by atoms with van der Waals surface area (Å²) in [4.78, 5) is 11.1. The van der Waals surface area contributed by atoms with Gasteiger partial charge in [-0.25, -0.2) is 8.42 Å². The molecule has 1 amide bonds. The second-order valence-corrected chi connectivity index (χ2v) is 8.16. The number of carbonyl (C=O) groups excluding carboxylic acids is 1. The van der Waals surface area contributed by atoms with Gasteiger partial charge in [-0.1, -0.05) is 53.0 Å². The predicted molar refractivity (Wildman–Crippen MR) is 97.7 cm³/mol. The third-order valence-electron chi connectivity index (χ3n) is 3.11. The molecule has 0 saturated carbocycles. The van der Waals surface area contributed by atoms with Gasteiger partial charge in [0.25, 0.3) is 5.91 Å². The maximum atomic E-state index is 12.6. The molecular formula is C16H12Cl3NO3S. The molecule has 2 N–H and O–H groups in total. The molecule has 0 bridgehead atoms. The number of amides is 1. The van der Waals surface area contributed by atoms with Gasteiger partial charge in [-0.3, -0.25) is 4.79 Å². The number of halogens is 3. The standard InChI is InChI=1S/C16H12Cl3NO3S/c17-12-4-1-10(2-5-12)7-15(16(20)21)24(22,23)9-11-3-6-13(18)8-14(11)19/h1-8H,9H2,(H2,20,21)/b15-7+. The fourth-order valence-electron chi connectivity index (χ4n) is 1.95. The summed E-state index contributed by atoms with van der Waals surface area (Å²) < 4.78 is 25.1. The van der Waals surface area contributed by atoms with Crippen molar-refractivity contribution in [3.05, 3.63) is 73.6 Å². The summed E-state index contributed by atoms with van der Waals surface area (Å²) in [5.74, 6) is -1.51. The van der Waals surface area contributed by atoms with Crippen LogP contribution in [0.25, 0.3) is 6.08 Å². The van der Waals surface area contributed by atoms with Gasteiger partial charge in [-0.15, -0.1) is 0 Å². The molecule has 0 unspecified atom stereocenters. The second kappa shape index (κ2) is 7.57. The first-order chi connectivity index (χ1) is 11.2. The lowest BCUT2D eigenvalue weighted by Crippen LogP contribution is -2.22. The Labute approximate surface area is 154 Å². The topological polar surface area (TPSA) is 77.2 Å². The fraction of sp³-hybridized carbons (Fsp3) is 0.0625. The minimum atomic E-state index is -3.99. The lowest BCUT2D eigenvalue weighted by atomic mass is 10.2.